The van der Waals surface area contributed by atoms with Crippen LogP contribution in [0.5, 0.6) is 5.75 Å². The van der Waals surface area contributed by atoms with E-state index in [1.165, 1.54) is 0 Å². The van der Waals surface area contributed by atoms with Crippen molar-refractivity contribution in [2.75, 3.05) is 13.7 Å². The zero-order chi connectivity index (χ0) is 14.7. The molecule has 2 rings (SSSR count). The molecule has 2 aromatic rings. The molecule has 0 bridgehead atoms. The van der Waals surface area contributed by atoms with Crippen molar-refractivity contribution in [3.63, 3.8) is 0 Å². The molecule has 0 fully saturated rings. The lowest BCUT2D eigenvalue weighted by Crippen LogP contribution is -2.05. The molecule has 0 aliphatic rings. The van der Waals surface area contributed by atoms with Crippen LogP contribution in [0.25, 0.3) is 11.3 Å². The second-order valence-corrected chi connectivity index (χ2v) is 5.54. The number of hydrogen-bond donors (Lipinski definition) is 1. The van der Waals surface area contributed by atoms with Gasteiger partial charge in [0.05, 0.1) is 28.4 Å². The minimum atomic E-state index is -0.389. The fraction of sp³-hybridized carbons (Fsp3) is 0.214. The van der Waals surface area contributed by atoms with E-state index in [1.807, 2.05) is 24.3 Å². The summed E-state index contributed by atoms with van der Waals surface area (Å²) in [5.74, 6) is 0.390. The van der Waals surface area contributed by atoms with Crippen molar-refractivity contribution in [2.24, 2.45) is 0 Å². The zero-order valence-electron chi connectivity index (χ0n) is 11.0. The highest BCUT2D eigenvalue weighted by molar-refractivity contribution is 9.13. The predicted molar refractivity (Wildman–Crippen MR) is 84.1 cm³/mol. The molecule has 0 spiro atoms. The lowest BCUT2D eigenvalue weighted by Gasteiger charge is -2.02. The van der Waals surface area contributed by atoms with Crippen LogP contribution in [-0.2, 0) is 4.74 Å². The van der Waals surface area contributed by atoms with Gasteiger partial charge < -0.3 is 14.5 Å². The van der Waals surface area contributed by atoms with Crippen molar-refractivity contribution in [1.29, 1.82) is 0 Å². The smallest absolute Gasteiger partial charge is 0.355 e. The van der Waals surface area contributed by atoms with E-state index in [0.717, 1.165) is 21.5 Å². The summed E-state index contributed by atoms with van der Waals surface area (Å²) in [4.78, 5) is 14.9. The summed E-state index contributed by atoms with van der Waals surface area (Å²) in [6, 6.07) is 7.55. The number of methoxy groups -OCH3 is 1. The van der Waals surface area contributed by atoms with Gasteiger partial charge in [-0.2, -0.15) is 0 Å². The molecule has 0 unspecified atom stereocenters. The molecule has 0 atom stereocenters. The van der Waals surface area contributed by atoms with Gasteiger partial charge in [-0.15, -0.1) is 0 Å². The second kappa shape index (κ2) is 6.45. The highest BCUT2D eigenvalue weighted by atomic mass is 79.9. The quantitative estimate of drug-likeness (QED) is 0.771. The topological polar surface area (TPSA) is 51.3 Å². The first-order valence-corrected chi connectivity index (χ1v) is 7.55. The number of nitrogens with one attached hydrogen (secondary N) is 1. The summed E-state index contributed by atoms with van der Waals surface area (Å²) in [6.07, 6.45) is 0. The summed E-state index contributed by atoms with van der Waals surface area (Å²) in [5.41, 5.74) is 2.14. The molecule has 0 saturated carbocycles. The molecule has 0 radical (unpaired) electrons. The molecular weight excluding hydrogens is 390 g/mol. The van der Waals surface area contributed by atoms with Gasteiger partial charge in [0, 0.05) is 0 Å². The number of carbonyl (C=O) groups excluding carboxylic acids is 1. The summed E-state index contributed by atoms with van der Waals surface area (Å²) < 4.78 is 11.6. The lowest BCUT2D eigenvalue weighted by molar-refractivity contribution is 0.0519. The Hall–Kier alpha value is -1.27. The van der Waals surface area contributed by atoms with Crippen molar-refractivity contribution in [2.45, 2.75) is 6.92 Å². The fourth-order valence-electron chi connectivity index (χ4n) is 1.75. The van der Waals surface area contributed by atoms with Crippen LogP contribution in [0.4, 0.5) is 0 Å². The molecule has 1 aromatic heterocycles. The van der Waals surface area contributed by atoms with E-state index in [4.69, 9.17) is 9.47 Å². The Morgan fingerprint density at radius 3 is 2.40 bits per heavy atom. The average molecular weight is 403 g/mol. The van der Waals surface area contributed by atoms with Crippen LogP contribution in [0.1, 0.15) is 17.4 Å². The summed E-state index contributed by atoms with van der Waals surface area (Å²) in [7, 11) is 1.62. The number of hydrogen-bond acceptors (Lipinski definition) is 3. The van der Waals surface area contributed by atoms with Crippen molar-refractivity contribution < 1.29 is 14.3 Å². The second-order valence-electron chi connectivity index (χ2n) is 3.95. The van der Waals surface area contributed by atoms with Gasteiger partial charge in [-0.25, -0.2) is 4.79 Å². The Kier molecular flexibility index (Phi) is 4.88. The molecule has 0 aliphatic heterocycles. The van der Waals surface area contributed by atoms with Crippen LogP contribution < -0.4 is 4.74 Å². The highest BCUT2D eigenvalue weighted by Crippen LogP contribution is 2.37. The number of aromatic nitrogens is 1. The number of ether oxygens (including phenoxy) is 2. The number of H-pyrrole nitrogens is 1. The normalized spacial score (nSPS) is 10.4. The molecule has 1 aromatic carbocycles. The van der Waals surface area contributed by atoms with Crippen LogP contribution in [0, 0.1) is 0 Å². The molecule has 1 heterocycles. The first-order chi connectivity index (χ1) is 9.58. The van der Waals surface area contributed by atoms with E-state index >= 15 is 0 Å². The number of esters is 1. The van der Waals surface area contributed by atoms with Crippen molar-refractivity contribution in [3.05, 3.63) is 38.9 Å². The van der Waals surface area contributed by atoms with Crippen molar-refractivity contribution in [1.82, 2.24) is 4.98 Å². The average Bonchev–Trinajstić information content (AvgIpc) is 2.76. The third-order valence-corrected chi connectivity index (χ3v) is 4.86. The molecule has 0 amide bonds. The van der Waals surface area contributed by atoms with Crippen LogP contribution in [0.2, 0.25) is 0 Å². The minimum absolute atomic E-state index is 0.333. The third-order valence-electron chi connectivity index (χ3n) is 2.74. The largest absolute Gasteiger partial charge is 0.497 e. The van der Waals surface area contributed by atoms with Crippen LogP contribution in [-0.4, -0.2) is 24.7 Å². The van der Waals surface area contributed by atoms with Crippen LogP contribution >= 0.6 is 31.9 Å². The molecule has 4 nitrogen and oxygen atoms in total. The van der Waals surface area contributed by atoms with Gasteiger partial charge in [0.2, 0.25) is 0 Å². The Morgan fingerprint density at radius 1 is 1.20 bits per heavy atom. The molecular formula is C14H13Br2NO3. The Bertz CT molecular complexity index is 620. The Labute approximate surface area is 133 Å². The van der Waals surface area contributed by atoms with Crippen molar-refractivity contribution in [3.8, 4) is 17.0 Å². The fourth-order valence-corrected chi connectivity index (χ4v) is 2.74. The molecule has 106 valence electrons. The lowest BCUT2D eigenvalue weighted by atomic mass is 10.1. The number of aromatic amines is 1. The van der Waals surface area contributed by atoms with Gasteiger partial charge in [-0.05, 0) is 68.6 Å². The first-order valence-electron chi connectivity index (χ1n) is 5.97. The zero-order valence-corrected chi connectivity index (χ0v) is 14.2. The van der Waals surface area contributed by atoms with E-state index in [9.17, 15) is 4.79 Å². The monoisotopic (exact) mass is 401 g/mol. The number of rotatable bonds is 4. The van der Waals surface area contributed by atoms with Gasteiger partial charge in [0.1, 0.15) is 11.4 Å². The number of halogens is 2. The Balaban J connectivity index is 2.41. The standard InChI is InChI=1S/C14H13Br2NO3/c1-3-20-14(18)13-11(16)10(15)12(17-13)8-4-6-9(19-2)7-5-8/h4-7,17H,3H2,1-2H3. The number of benzene rings is 1. The van der Waals surface area contributed by atoms with E-state index in [0.29, 0.717) is 16.8 Å². The minimum Gasteiger partial charge on any atom is -0.497 e. The van der Waals surface area contributed by atoms with Gasteiger partial charge in [-0.3, -0.25) is 0 Å². The third kappa shape index (κ3) is 2.91. The predicted octanol–water partition coefficient (Wildman–Crippen LogP) is 4.39. The molecule has 6 heteroatoms. The maximum absolute atomic E-state index is 11.8. The van der Waals surface area contributed by atoms with E-state index in [-0.39, 0.29) is 5.97 Å². The summed E-state index contributed by atoms with van der Waals surface area (Å²) >= 11 is 6.87. The SMILES string of the molecule is CCOC(=O)c1[nH]c(-c2ccc(OC)cc2)c(Br)c1Br. The molecule has 0 saturated heterocycles. The van der Waals surface area contributed by atoms with Crippen molar-refractivity contribution >= 4 is 37.8 Å². The Morgan fingerprint density at radius 2 is 1.85 bits per heavy atom. The molecule has 0 aliphatic carbocycles. The van der Waals surface area contributed by atoms with E-state index in [1.54, 1.807) is 14.0 Å². The number of carbonyl (C=O) groups is 1. The summed E-state index contributed by atoms with van der Waals surface area (Å²) in [6.45, 7) is 2.11. The maximum Gasteiger partial charge on any atom is 0.355 e. The van der Waals surface area contributed by atoms with Gasteiger partial charge in [0.25, 0.3) is 0 Å². The molecule has 1 N–H and O–H groups in total. The first kappa shape index (κ1) is 15.1. The summed E-state index contributed by atoms with van der Waals surface area (Å²) in [5, 5.41) is 0. The van der Waals surface area contributed by atoms with E-state index in [2.05, 4.69) is 36.8 Å². The van der Waals surface area contributed by atoms with Crippen LogP contribution in [0.15, 0.2) is 33.2 Å². The van der Waals surface area contributed by atoms with Gasteiger partial charge in [0.15, 0.2) is 0 Å². The highest BCUT2D eigenvalue weighted by Gasteiger charge is 2.20. The van der Waals surface area contributed by atoms with Gasteiger partial charge >= 0.3 is 5.97 Å². The van der Waals surface area contributed by atoms with E-state index < -0.39 is 0 Å². The maximum atomic E-state index is 11.8. The van der Waals surface area contributed by atoms with Gasteiger partial charge in [-0.1, -0.05) is 0 Å². The molecule has 20 heavy (non-hydrogen) atoms. The van der Waals surface area contributed by atoms with Crippen LogP contribution in [0.3, 0.4) is 0 Å².